The summed E-state index contributed by atoms with van der Waals surface area (Å²) in [5, 5.41) is 11.5. The van der Waals surface area contributed by atoms with Crippen molar-refractivity contribution in [3.05, 3.63) is 75.3 Å². The maximum absolute atomic E-state index is 13.9. The molecule has 0 saturated carbocycles. The topological polar surface area (TPSA) is 52.9 Å². The van der Waals surface area contributed by atoms with Crippen LogP contribution in [0.15, 0.2) is 42.0 Å². The maximum Gasteiger partial charge on any atom is 0.262 e. The summed E-state index contributed by atoms with van der Waals surface area (Å²) in [6, 6.07) is 10.8. The van der Waals surface area contributed by atoms with Gasteiger partial charge in [0.05, 0.1) is 11.1 Å². The minimum Gasteiger partial charge on any atom is -0.345 e. The van der Waals surface area contributed by atoms with E-state index in [2.05, 4.69) is 5.32 Å². The largest absolute Gasteiger partial charge is 0.345 e. The number of benzene rings is 2. The van der Waals surface area contributed by atoms with Crippen LogP contribution in [0.5, 0.6) is 0 Å². The minimum atomic E-state index is -1.02. The second-order valence-electron chi connectivity index (χ2n) is 5.54. The van der Waals surface area contributed by atoms with Crippen LogP contribution in [0, 0.1) is 29.9 Å². The molecule has 0 radical (unpaired) electrons. The number of hydrogen-bond donors (Lipinski definition) is 1. The highest BCUT2D eigenvalue weighted by atomic mass is 35.5. The predicted molar refractivity (Wildman–Crippen MR) is 92.7 cm³/mol. The zero-order chi connectivity index (χ0) is 18.6. The van der Waals surface area contributed by atoms with Crippen molar-refractivity contribution in [2.24, 2.45) is 0 Å². The van der Waals surface area contributed by atoms with Gasteiger partial charge in [0.15, 0.2) is 5.82 Å². The first-order chi connectivity index (χ1) is 11.8. The molecule has 128 valence electrons. The smallest absolute Gasteiger partial charge is 0.262 e. The first-order valence-corrected chi connectivity index (χ1v) is 7.84. The SMILES string of the molecule is Cc1cccc([C@H](C)NC(=O)/C(C#N)=C/c2c(F)ccc(Cl)c2F)c1. The third-order valence-corrected chi connectivity index (χ3v) is 3.91. The summed E-state index contributed by atoms with van der Waals surface area (Å²) in [6.45, 7) is 3.67. The van der Waals surface area contributed by atoms with Gasteiger partial charge in [-0.05, 0) is 37.6 Å². The summed E-state index contributed by atoms with van der Waals surface area (Å²) >= 11 is 5.62. The second-order valence-corrected chi connectivity index (χ2v) is 5.94. The number of nitrogens with one attached hydrogen (secondary N) is 1. The Balaban J connectivity index is 2.28. The van der Waals surface area contributed by atoms with Crippen LogP contribution in [0.4, 0.5) is 8.78 Å². The van der Waals surface area contributed by atoms with Crippen LogP contribution >= 0.6 is 11.6 Å². The van der Waals surface area contributed by atoms with Gasteiger partial charge >= 0.3 is 0 Å². The highest BCUT2D eigenvalue weighted by Gasteiger charge is 2.17. The van der Waals surface area contributed by atoms with E-state index in [9.17, 15) is 18.8 Å². The van der Waals surface area contributed by atoms with E-state index in [0.717, 1.165) is 29.3 Å². The van der Waals surface area contributed by atoms with Crippen LogP contribution in [0.1, 0.15) is 29.7 Å². The number of carbonyl (C=O) groups excluding carboxylic acids is 1. The Morgan fingerprint density at radius 1 is 1.32 bits per heavy atom. The van der Waals surface area contributed by atoms with Gasteiger partial charge in [-0.25, -0.2) is 8.78 Å². The first kappa shape index (κ1) is 18.6. The van der Waals surface area contributed by atoms with Crippen molar-refractivity contribution in [1.82, 2.24) is 5.32 Å². The lowest BCUT2D eigenvalue weighted by Crippen LogP contribution is -2.27. The molecule has 3 nitrogen and oxygen atoms in total. The van der Waals surface area contributed by atoms with Crippen molar-refractivity contribution in [3.8, 4) is 6.07 Å². The molecular formula is C19H15ClF2N2O. The van der Waals surface area contributed by atoms with E-state index < -0.39 is 28.7 Å². The molecule has 0 heterocycles. The summed E-state index contributed by atoms with van der Waals surface area (Å²) in [5.74, 6) is -2.65. The maximum atomic E-state index is 13.9. The van der Waals surface area contributed by atoms with E-state index in [-0.39, 0.29) is 11.1 Å². The van der Waals surface area contributed by atoms with Crippen molar-refractivity contribution in [1.29, 1.82) is 5.26 Å². The van der Waals surface area contributed by atoms with E-state index >= 15 is 0 Å². The standard InChI is InChI=1S/C19H15ClF2N2O/c1-11-4-3-5-13(8-11)12(2)24-19(25)14(10-23)9-15-17(21)7-6-16(20)18(15)22/h3-9,12H,1-2H3,(H,24,25)/b14-9+/t12-/m0/s1. The summed E-state index contributed by atoms with van der Waals surface area (Å²) < 4.78 is 27.7. The Hall–Kier alpha value is -2.71. The van der Waals surface area contributed by atoms with Gasteiger partial charge in [0.1, 0.15) is 17.5 Å². The molecule has 2 aromatic carbocycles. The molecular weight excluding hydrogens is 346 g/mol. The van der Waals surface area contributed by atoms with E-state index in [1.165, 1.54) is 0 Å². The fourth-order valence-corrected chi connectivity index (χ4v) is 2.43. The lowest BCUT2D eigenvalue weighted by molar-refractivity contribution is -0.117. The highest BCUT2D eigenvalue weighted by Crippen LogP contribution is 2.23. The Labute approximate surface area is 149 Å². The normalized spacial score (nSPS) is 12.4. The molecule has 2 rings (SSSR count). The number of nitrogens with zero attached hydrogens (tertiary/aromatic N) is 1. The average molecular weight is 361 g/mol. The molecule has 2 aromatic rings. The first-order valence-electron chi connectivity index (χ1n) is 7.46. The summed E-state index contributed by atoms with van der Waals surface area (Å²) in [6.07, 6.45) is 0.856. The molecule has 0 fully saturated rings. The minimum absolute atomic E-state index is 0.293. The molecule has 0 aliphatic heterocycles. The van der Waals surface area contributed by atoms with Crippen molar-refractivity contribution in [2.45, 2.75) is 19.9 Å². The number of halogens is 3. The second kappa shape index (κ2) is 7.91. The summed E-state index contributed by atoms with van der Waals surface area (Å²) in [5.41, 5.74) is 0.936. The molecule has 1 atom stereocenters. The van der Waals surface area contributed by atoms with E-state index in [1.54, 1.807) is 13.0 Å². The van der Waals surface area contributed by atoms with Crippen molar-refractivity contribution < 1.29 is 13.6 Å². The molecule has 1 amide bonds. The molecule has 0 bridgehead atoms. The Morgan fingerprint density at radius 3 is 2.68 bits per heavy atom. The number of aryl methyl sites for hydroxylation is 1. The lowest BCUT2D eigenvalue weighted by atomic mass is 10.0. The summed E-state index contributed by atoms with van der Waals surface area (Å²) in [4.78, 5) is 12.3. The monoisotopic (exact) mass is 360 g/mol. The van der Waals surface area contributed by atoms with Crippen LogP contribution in [0.25, 0.3) is 6.08 Å². The van der Waals surface area contributed by atoms with Gasteiger partial charge in [-0.2, -0.15) is 5.26 Å². The molecule has 0 aliphatic rings. The molecule has 6 heteroatoms. The van der Waals surface area contributed by atoms with Gasteiger partial charge < -0.3 is 5.32 Å². The number of rotatable bonds is 4. The number of amides is 1. The van der Waals surface area contributed by atoms with Gasteiger partial charge in [0.25, 0.3) is 5.91 Å². The van der Waals surface area contributed by atoms with Crippen LogP contribution in [-0.4, -0.2) is 5.91 Å². The third kappa shape index (κ3) is 4.43. The van der Waals surface area contributed by atoms with Crippen LogP contribution in [0.3, 0.4) is 0 Å². The molecule has 0 unspecified atom stereocenters. The van der Waals surface area contributed by atoms with Gasteiger partial charge in [0, 0.05) is 5.56 Å². The van der Waals surface area contributed by atoms with Gasteiger partial charge in [0.2, 0.25) is 0 Å². The zero-order valence-electron chi connectivity index (χ0n) is 13.6. The van der Waals surface area contributed by atoms with E-state index in [1.807, 2.05) is 31.2 Å². The van der Waals surface area contributed by atoms with Crippen LogP contribution < -0.4 is 5.32 Å². The number of carbonyl (C=O) groups is 1. The number of hydrogen-bond acceptors (Lipinski definition) is 2. The fourth-order valence-electron chi connectivity index (χ4n) is 2.27. The highest BCUT2D eigenvalue weighted by molar-refractivity contribution is 6.30. The zero-order valence-corrected chi connectivity index (χ0v) is 14.4. The third-order valence-electron chi connectivity index (χ3n) is 3.62. The predicted octanol–water partition coefficient (Wildman–Crippen LogP) is 4.71. The van der Waals surface area contributed by atoms with Crippen LogP contribution in [0.2, 0.25) is 5.02 Å². The quantitative estimate of drug-likeness (QED) is 0.487. The summed E-state index contributed by atoms with van der Waals surface area (Å²) in [7, 11) is 0. The van der Waals surface area contributed by atoms with Crippen molar-refractivity contribution >= 4 is 23.6 Å². The molecule has 25 heavy (non-hydrogen) atoms. The van der Waals surface area contributed by atoms with Gasteiger partial charge in [-0.1, -0.05) is 41.4 Å². The lowest BCUT2D eigenvalue weighted by Gasteiger charge is -2.14. The molecule has 0 spiro atoms. The molecule has 0 aromatic heterocycles. The fraction of sp³-hybridized carbons (Fsp3) is 0.158. The Bertz CT molecular complexity index is 887. The molecule has 1 N–H and O–H groups in total. The van der Waals surface area contributed by atoms with Gasteiger partial charge in [-0.3, -0.25) is 4.79 Å². The van der Waals surface area contributed by atoms with E-state index in [4.69, 9.17) is 11.6 Å². The van der Waals surface area contributed by atoms with Gasteiger partial charge in [-0.15, -0.1) is 0 Å². The number of nitriles is 1. The molecule has 0 aliphatic carbocycles. The average Bonchev–Trinajstić information content (AvgIpc) is 2.58. The van der Waals surface area contributed by atoms with E-state index in [0.29, 0.717) is 0 Å². The molecule has 0 saturated heterocycles. The van der Waals surface area contributed by atoms with Crippen molar-refractivity contribution in [3.63, 3.8) is 0 Å². The van der Waals surface area contributed by atoms with Crippen molar-refractivity contribution in [2.75, 3.05) is 0 Å². The Morgan fingerprint density at radius 2 is 2.04 bits per heavy atom. The Kier molecular flexibility index (Phi) is 5.89. The van der Waals surface area contributed by atoms with Crippen LogP contribution in [-0.2, 0) is 4.79 Å².